The quantitative estimate of drug-likeness (QED) is 0.873. The minimum Gasteiger partial charge on any atom is -0.492 e. The van der Waals surface area contributed by atoms with Gasteiger partial charge in [0.05, 0.1) is 12.2 Å². The zero-order valence-electron chi connectivity index (χ0n) is 13.3. The summed E-state index contributed by atoms with van der Waals surface area (Å²) in [5.74, 6) is 0.907. The summed E-state index contributed by atoms with van der Waals surface area (Å²) in [5.41, 5.74) is -0.924. The van der Waals surface area contributed by atoms with Crippen LogP contribution < -0.4 is 4.74 Å². The van der Waals surface area contributed by atoms with Gasteiger partial charge in [-0.05, 0) is 18.6 Å². The maximum atomic E-state index is 10.7. The standard InChI is InChI=1S/C17H27NO3/c1-16(2)13-18(10-9-17(16,19)14-20-3)11-12-21-15-7-5-4-6-8-15/h4-8,19H,9-14H2,1-3H3/t17-/m1/s1. The van der Waals surface area contributed by atoms with Crippen molar-refractivity contribution >= 4 is 0 Å². The molecular weight excluding hydrogens is 266 g/mol. The van der Waals surface area contributed by atoms with E-state index in [0.717, 1.165) is 31.8 Å². The molecule has 1 heterocycles. The average molecular weight is 293 g/mol. The maximum absolute atomic E-state index is 10.7. The van der Waals surface area contributed by atoms with E-state index >= 15 is 0 Å². The van der Waals surface area contributed by atoms with Crippen molar-refractivity contribution in [3.63, 3.8) is 0 Å². The molecule has 0 saturated carbocycles. The highest BCUT2D eigenvalue weighted by molar-refractivity contribution is 5.20. The van der Waals surface area contributed by atoms with Crippen LogP contribution in [-0.2, 0) is 4.74 Å². The van der Waals surface area contributed by atoms with Gasteiger partial charge in [-0.1, -0.05) is 32.0 Å². The molecule has 118 valence electrons. The van der Waals surface area contributed by atoms with E-state index in [-0.39, 0.29) is 5.41 Å². The molecule has 0 radical (unpaired) electrons. The van der Waals surface area contributed by atoms with Crippen molar-refractivity contribution in [1.82, 2.24) is 4.90 Å². The lowest BCUT2D eigenvalue weighted by Gasteiger charge is -2.50. The molecule has 0 bridgehead atoms. The van der Waals surface area contributed by atoms with Gasteiger partial charge in [0, 0.05) is 32.2 Å². The van der Waals surface area contributed by atoms with Crippen LogP contribution in [0.2, 0.25) is 0 Å². The Labute approximate surface area is 127 Å². The summed E-state index contributed by atoms with van der Waals surface area (Å²) in [4.78, 5) is 2.35. The van der Waals surface area contributed by atoms with Gasteiger partial charge in [0.1, 0.15) is 12.4 Å². The minimum absolute atomic E-state index is 0.187. The summed E-state index contributed by atoms with van der Waals surface area (Å²) in [6.45, 7) is 7.89. The fourth-order valence-corrected chi connectivity index (χ4v) is 2.97. The van der Waals surface area contributed by atoms with Crippen LogP contribution in [0.25, 0.3) is 0 Å². The van der Waals surface area contributed by atoms with E-state index in [1.54, 1.807) is 7.11 Å². The number of piperidine rings is 1. The van der Waals surface area contributed by atoms with Crippen molar-refractivity contribution in [2.75, 3.05) is 40.0 Å². The van der Waals surface area contributed by atoms with Crippen molar-refractivity contribution in [3.05, 3.63) is 30.3 Å². The molecule has 4 heteroatoms. The van der Waals surface area contributed by atoms with Gasteiger partial charge >= 0.3 is 0 Å². The van der Waals surface area contributed by atoms with E-state index in [1.165, 1.54) is 0 Å². The number of para-hydroxylation sites is 1. The normalized spacial score (nSPS) is 25.7. The summed E-state index contributed by atoms with van der Waals surface area (Å²) < 4.78 is 10.9. The number of ether oxygens (including phenoxy) is 2. The van der Waals surface area contributed by atoms with Crippen LogP contribution >= 0.6 is 0 Å². The van der Waals surface area contributed by atoms with Gasteiger partial charge in [-0.25, -0.2) is 0 Å². The predicted octanol–water partition coefficient (Wildman–Crippen LogP) is 2.17. The topological polar surface area (TPSA) is 41.9 Å². The van der Waals surface area contributed by atoms with Crippen molar-refractivity contribution in [2.24, 2.45) is 5.41 Å². The zero-order chi connectivity index (χ0) is 15.3. The number of aliphatic hydroxyl groups is 1. The lowest BCUT2D eigenvalue weighted by atomic mass is 9.70. The number of likely N-dealkylation sites (tertiary alicyclic amines) is 1. The summed E-state index contributed by atoms with van der Waals surface area (Å²) >= 11 is 0. The molecule has 0 amide bonds. The largest absolute Gasteiger partial charge is 0.492 e. The molecule has 1 fully saturated rings. The predicted molar refractivity (Wildman–Crippen MR) is 83.6 cm³/mol. The number of hydrogen-bond acceptors (Lipinski definition) is 4. The number of rotatable bonds is 6. The van der Waals surface area contributed by atoms with E-state index in [1.807, 2.05) is 30.3 Å². The summed E-state index contributed by atoms with van der Waals surface area (Å²) in [6.07, 6.45) is 0.735. The highest BCUT2D eigenvalue weighted by atomic mass is 16.5. The van der Waals surface area contributed by atoms with Gasteiger partial charge in [-0.2, -0.15) is 0 Å². The molecule has 1 aromatic rings. The Morgan fingerprint density at radius 2 is 1.95 bits per heavy atom. The van der Waals surface area contributed by atoms with E-state index < -0.39 is 5.60 Å². The smallest absolute Gasteiger partial charge is 0.119 e. The highest BCUT2D eigenvalue weighted by Crippen LogP contribution is 2.38. The molecule has 0 aliphatic carbocycles. The molecule has 0 aromatic heterocycles. The average Bonchev–Trinajstić information content (AvgIpc) is 2.44. The Morgan fingerprint density at radius 1 is 1.24 bits per heavy atom. The van der Waals surface area contributed by atoms with E-state index in [0.29, 0.717) is 13.2 Å². The van der Waals surface area contributed by atoms with E-state index in [2.05, 4.69) is 18.7 Å². The molecule has 1 atom stereocenters. The third-order valence-corrected chi connectivity index (χ3v) is 4.52. The Kier molecular flexibility index (Phi) is 5.25. The molecule has 1 saturated heterocycles. The Balaban J connectivity index is 1.82. The second kappa shape index (κ2) is 6.77. The molecule has 1 aliphatic heterocycles. The highest BCUT2D eigenvalue weighted by Gasteiger charge is 2.47. The van der Waals surface area contributed by atoms with Crippen LogP contribution in [0.3, 0.4) is 0 Å². The van der Waals surface area contributed by atoms with Gasteiger partial charge in [0.2, 0.25) is 0 Å². The van der Waals surface area contributed by atoms with E-state index in [4.69, 9.17) is 9.47 Å². The van der Waals surface area contributed by atoms with Crippen molar-refractivity contribution in [2.45, 2.75) is 25.9 Å². The Morgan fingerprint density at radius 3 is 2.57 bits per heavy atom. The molecule has 2 rings (SSSR count). The van der Waals surface area contributed by atoms with Crippen molar-refractivity contribution in [1.29, 1.82) is 0 Å². The van der Waals surface area contributed by atoms with Gasteiger partial charge in [-0.3, -0.25) is 4.90 Å². The minimum atomic E-state index is -0.738. The van der Waals surface area contributed by atoms with Gasteiger partial charge < -0.3 is 14.6 Å². The van der Waals surface area contributed by atoms with Gasteiger partial charge in [-0.15, -0.1) is 0 Å². The zero-order valence-corrected chi connectivity index (χ0v) is 13.3. The number of methoxy groups -OCH3 is 1. The first-order valence-electron chi connectivity index (χ1n) is 7.58. The maximum Gasteiger partial charge on any atom is 0.119 e. The lowest BCUT2D eigenvalue weighted by molar-refractivity contribution is -0.151. The summed E-state index contributed by atoms with van der Waals surface area (Å²) in [7, 11) is 1.65. The van der Waals surface area contributed by atoms with Crippen molar-refractivity contribution < 1.29 is 14.6 Å². The van der Waals surface area contributed by atoms with E-state index in [9.17, 15) is 5.11 Å². The van der Waals surface area contributed by atoms with Crippen LogP contribution in [-0.4, -0.2) is 55.6 Å². The van der Waals surface area contributed by atoms with Crippen LogP contribution in [0.1, 0.15) is 20.3 Å². The van der Waals surface area contributed by atoms with Crippen LogP contribution in [0.15, 0.2) is 30.3 Å². The Hall–Kier alpha value is -1.10. The first kappa shape index (κ1) is 16.3. The monoisotopic (exact) mass is 293 g/mol. The van der Waals surface area contributed by atoms with Gasteiger partial charge in [0.15, 0.2) is 0 Å². The third-order valence-electron chi connectivity index (χ3n) is 4.52. The molecule has 1 aliphatic rings. The summed E-state index contributed by atoms with van der Waals surface area (Å²) in [5, 5.41) is 10.7. The molecule has 1 aromatic carbocycles. The lowest BCUT2D eigenvalue weighted by Crippen LogP contribution is -2.59. The van der Waals surface area contributed by atoms with Crippen LogP contribution in [0.5, 0.6) is 5.75 Å². The molecule has 21 heavy (non-hydrogen) atoms. The second-order valence-electron chi connectivity index (χ2n) is 6.54. The molecular formula is C17H27NO3. The first-order chi connectivity index (χ1) is 9.97. The second-order valence-corrected chi connectivity index (χ2v) is 6.54. The molecule has 0 spiro atoms. The fourth-order valence-electron chi connectivity index (χ4n) is 2.97. The Bertz CT molecular complexity index is 435. The van der Waals surface area contributed by atoms with Gasteiger partial charge in [0.25, 0.3) is 0 Å². The first-order valence-corrected chi connectivity index (χ1v) is 7.58. The fraction of sp³-hybridized carbons (Fsp3) is 0.647. The van der Waals surface area contributed by atoms with Crippen LogP contribution in [0.4, 0.5) is 0 Å². The number of nitrogens with zero attached hydrogens (tertiary/aromatic N) is 1. The van der Waals surface area contributed by atoms with Crippen molar-refractivity contribution in [3.8, 4) is 5.75 Å². The SMILES string of the molecule is COC[C@]1(O)CCN(CCOc2ccccc2)CC1(C)C. The number of benzene rings is 1. The molecule has 1 N–H and O–H groups in total. The van der Waals surface area contributed by atoms with Crippen LogP contribution in [0, 0.1) is 5.41 Å². The molecule has 4 nitrogen and oxygen atoms in total. The third kappa shape index (κ3) is 3.96. The summed E-state index contributed by atoms with van der Waals surface area (Å²) in [6, 6.07) is 9.88. The number of hydrogen-bond donors (Lipinski definition) is 1. The molecule has 0 unspecified atom stereocenters.